The topological polar surface area (TPSA) is 26.3 Å². The molecule has 1 heterocycles. The molecule has 0 fully saturated rings. The Bertz CT molecular complexity index is 556. The molecule has 2 aromatic rings. The van der Waals surface area contributed by atoms with E-state index in [4.69, 9.17) is 4.74 Å². The maximum Gasteiger partial charge on any atom is 0.150 e. The molecule has 0 saturated carbocycles. The number of hydrogen-bond donors (Lipinski definition) is 0. The van der Waals surface area contributed by atoms with E-state index in [2.05, 4.69) is 18.2 Å². The molecule has 84 valence electrons. The molecule has 3 rings (SSSR count). The zero-order valence-corrected chi connectivity index (χ0v) is 9.35. The fourth-order valence-corrected chi connectivity index (χ4v) is 2.18. The Labute approximate surface area is 99.9 Å². The van der Waals surface area contributed by atoms with Crippen LogP contribution in [0, 0.1) is 0 Å². The molecular formula is C15H12O2. The second-order valence-corrected chi connectivity index (χ2v) is 4.13. The number of para-hydroxylation sites is 1. The summed E-state index contributed by atoms with van der Waals surface area (Å²) in [7, 11) is 0. The minimum absolute atomic E-state index is 0.697. The second-order valence-electron chi connectivity index (χ2n) is 4.13. The molecule has 0 spiro atoms. The van der Waals surface area contributed by atoms with E-state index in [0.717, 1.165) is 36.2 Å². The molecular weight excluding hydrogens is 212 g/mol. The van der Waals surface area contributed by atoms with Gasteiger partial charge in [0.2, 0.25) is 0 Å². The van der Waals surface area contributed by atoms with Crippen molar-refractivity contribution in [3.63, 3.8) is 0 Å². The lowest BCUT2D eigenvalue weighted by molar-refractivity contribution is 0.112. The third kappa shape index (κ3) is 1.72. The molecule has 0 N–H and O–H groups in total. The van der Waals surface area contributed by atoms with Crippen molar-refractivity contribution in [1.29, 1.82) is 0 Å². The summed E-state index contributed by atoms with van der Waals surface area (Å²) >= 11 is 0. The van der Waals surface area contributed by atoms with Gasteiger partial charge in [-0.05, 0) is 11.1 Å². The first kappa shape index (κ1) is 10.1. The maximum absolute atomic E-state index is 10.6. The standard InChI is InChI=1S/C15H12O2/c16-10-11-4-6-12(7-5-11)14-3-1-2-13-8-9-17-15(13)14/h1-7,10H,8-9H2. The zero-order valence-electron chi connectivity index (χ0n) is 9.35. The highest BCUT2D eigenvalue weighted by Crippen LogP contribution is 2.36. The Morgan fingerprint density at radius 3 is 2.65 bits per heavy atom. The van der Waals surface area contributed by atoms with Gasteiger partial charge in [0.15, 0.2) is 0 Å². The van der Waals surface area contributed by atoms with Gasteiger partial charge in [0.25, 0.3) is 0 Å². The Hall–Kier alpha value is -2.09. The molecule has 0 amide bonds. The van der Waals surface area contributed by atoms with Crippen LogP contribution in [0.5, 0.6) is 5.75 Å². The fraction of sp³-hybridized carbons (Fsp3) is 0.133. The van der Waals surface area contributed by atoms with Crippen LogP contribution in [0.2, 0.25) is 0 Å². The summed E-state index contributed by atoms with van der Waals surface area (Å²) in [6.07, 6.45) is 1.84. The van der Waals surface area contributed by atoms with E-state index < -0.39 is 0 Å². The van der Waals surface area contributed by atoms with Gasteiger partial charge in [0, 0.05) is 17.5 Å². The summed E-state index contributed by atoms with van der Waals surface area (Å²) in [6, 6.07) is 13.8. The second kappa shape index (κ2) is 4.06. The summed E-state index contributed by atoms with van der Waals surface area (Å²) in [6.45, 7) is 0.763. The molecule has 1 aliphatic rings. The molecule has 2 heteroatoms. The molecule has 2 nitrogen and oxygen atoms in total. The van der Waals surface area contributed by atoms with Crippen LogP contribution in [0.15, 0.2) is 42.5 Å². The van der Waals surface area contributed by atoms with Crippen molar-refractivity contribution in [2.24, 2.45) is 0 Å². The van der Waals surface area contributed by atoms with Crippen LogP contribution in [-0.4, -0.2) is 12.9 Å². The van der Waals surface area contributed by atoms with Gasteiger partial charge in [-0.1, -0.05) is 42.5 Å². The number of hydrogen-bond acceptors (Lipinski definition) is 2. The summed E-state index contributed by atoms with van der Waals surface area (Å²) < 4.78 is 5.67. The average Bonchev–Trinajstić information content (AvgIpc) is 2.87. The summed E-state index contributed by atoms with van der Waals surface area (Å²) in [5, 5.41) is 0. The van der Waals surface area contributed by atoms with E-state index in [1.807, 2.05) is 24.3 Å². The molecule has 0 aliphatic carbocycles. The molecule has 0 saturated heterocycles. The number of benzene rings is 2. The Balaban J connectivity index is 2.09. The molecule has 0 aromatic heterocycles. The number of rotatable bonds is 2. The third-order valence-electron chi connectivity index (χ3n) is 3.07. The van der Waals surface area contributed by atoms with Crippen LogP contribution < -0.4 is 4.74 Å². The van der Waals surface area contributed by atoms with Crippen LogP contribution in [0.1, 0.15) is 15.9 Å². The lowest BCUT2D eigenvalue weighted by Gasteiger charge is -2.08. The first-order valence-corrected chi connectivity index (χ1v) is 5.69. The largest absolute Gasteiger partial charge is 0.492 e. The summed E-state index contributed by atoms with van der Waals surface area (Å²) in [5.74, 6) is 0.992. The first-order valence-electron chi connectivity index (χ1n) is 5.69. The summed E-state index contributed by atoms with van der Waals surface area (Å²) in [4.78, 5) is 10.6. The van der Waals surface area contributed by atoms with E-state index in [1.54, 1.807) is 0 Å². The molecule has 0 radical (unpaired) electrons. The first-order chi connectivity index (χ1) is 8.38. The SMILES string of the molecule is O=Cc1ccc(-c2cccc3c2OCC3)cc1. The van der Waals surface area contributed by atoms with Crippen molar-refractivity contribution >= 4 is 6.29 Å². The Kier molecular flexibility index (Phi) is 2.41. The van der Waals surface area contributed by atoms with Gasteiger partial charge >= 0.3 is 0 Å². The van der Waals surface area contributed by atoms with Crippen LogP contribution >= 0.6 is 0 Å². The van der Waals surface area contributed by atoms with Crippen molar-refractivity contribution in [2.45, 2.75) is 6.42 Å². The van der Waals surface area contributed by atoms with Crippen molar-refractivity contribution in [3.8, 4) is 16.9 Å². The third-order valence-corrected chi connectivity index (χ3v) is 3.07. The van der Waals surface area contributed by atoms with Gasteiger partial charge in [0.1, 0.15) is 12.0 Å². The van der Waals surface area contributed by atoms with Gasteiger partial charge in [-0.25, -0.2) is 0 Å². The number of carbonyl (C=O) groups excluding carboxylic acids is 1. The van der Waals surface area contributed by atoms with E-state index in [9.17, 15) is 4.79 Å². The van der Waals surface area contributed by atoms with Crippen LogP contribution in [0.4, 0.5) is 0 Å². The number of fused-ring (bicyclic) bond motifs is 1. The zero-order chi connectivity index (χ0) is 11.7. The fourth-order valence-electron chi connectivity index (χ4n) is 2.18. The maximum atomic E-state index is 10.6. The van der Waals surface area contributed by atoms with Crippen LogP contribution in [-0.2, 0) is 6.42 Å². The molecule has 0 bridgehead atoms. The van der Waals surface area contributed by atoms with Gasteiger partial charge in [0.05, 0.1) is 6.61 Å². The number of ether oxygens (including phenoxy) is 1. The van der Waals surface area contributed by atoms with E-state index in [-0.39, 0.29) is 0 Å². The average molecular weight is 224 g/mol. The normalized spacial score (nSPS) is 12.9. The monoisotopic (exact) mass is 224 g/mol. The lowest BCUT2D eigenvalue weighted by Crippen LogP contribution is -1.89. The Morgan fingerprint density at radius 1 is 1.06 bits per heavy atom. The van der Waals surface area contributed by atoms with Crippen molar-refractivity contribution in [3.05, 3.63) is 53.6 Å². The minimum atomic E-state index is 0.697. The molecule has 17 heavy (non-hydrogen) atoms. The Morgan fingerprint density at radius 2 is 1.88 bits per heavy atom. The predicted molar refractivity (Wildman–Crippen MR) is 66.5 cm³/mol. The van der Waals surface area contributed by atoms with Gasteiger partial charge in [-0.2, -0.15) is 0 Å². The van der Waals surface area contributed by atoms with Gasteiger partial charge in [-0.15, -0.1) is 0 Å². The lowest BCUT2D eigenvalue weighted by atomic mass is 10.0. The minimum Gasteiger partial charge on any atom is -0.492 e. The van der Waals surface area contributed by atoms with Gasteiger partial charge in [-0.3, -0.25) is 4.79 Å². The number of carbonyl (C=O) groups is 1. The molecule has 2 aromatic carbocycles. The highest BCUT2D eigenvalue weighted by Gasteiger charge is 2.16. The van der Waals surface area contributed by atoms with E-state index in [0.29, 0.717) is 5.56 Å². The highest BCUT2D eigenvalue weighted by molar-refractivity contribution is 5.78. The smallest absolute Gasteiger partial charge is 0.150 e. The van der Waals surface area contributed by atoms with Crippen molar-refractivity contribution in [1.82, 2.24) is 0 Å². The van der Waals surface area contributed by atoms with Crippen molar-refractivity contribution < 1.29 is 9.53 Å². The van der Waals surface area contributed by atoms with Crippen LogP contribution in [0.25, 0.3) is 11.1 Å². The molecule has 0 unspecified atom stereocenters. The molecule has 1 aliphatic heterocycles. The summed E-state index contributed by atoms with van der Waals surface area (Å²) in [5.41, 5.74) is 4.16. The van der Waals surface area contributed by atoms with Crippen molar-refractivity contribution in [2.75, 3.05) is 6.61 Å². The quantitative estimate of drug-likeness (QED) is 0.733. The predicted octanol–water partition coefficient (Wildman–Crippen LogP) is 3.10. The highest BCUT2D eigenvalue weighted by atomic mass is 16.5. The number of aldehydes is 1. The van der Waals surface area contributed by atoms with Crippen LogP contribution in [0.3, 0.4) is 0 Å². The molecule has 0 atom stereocenters. The van der Waals surface area contributed by atoms with E-state index >= 15 is 0 Å². The van der Waals surface area contributed by atoms with Gasteiger partial charge < -0.3 is 4.74 Å². The van der Waals surface area contributed by atoms with E-state index in [1.165, 1.54) is 5.56 Å².